The fraction of sp³-hybridized carbons (Fsp3) is 1.00. The van der Waals surface area contributed by atoms with Gasteiger partial charge in [-0.3, -0.25) is 0 Å². The summed E-state index contributed by atoms with van der Waals surface area (Å²) in [6.45, 7) is 0. The molecule has 0 nitrogen and oxygen atoms in total. The van der Waals surface area contributed by atoms with Crippen molar-refractivity contribution in [1.29, 1.82) is 0 Å². The van der Waals surface area contributed by atoms with Gasteiger partial charge in [-0.15, -0.1) is 0 Å². The van der Waals surface area contributed by atoms with Crippen molar-refractivity contribution in [2.75, 3.05) is 0 Å². The Balaban J connectivity index is 2.76. The summed E-state index contributed by atoms with van der Waals surface area (Å²) in [6.07, 6.45) is 0. The quantitative estimate of drug-likeness (QED) is 0.504. The second kappa shape index (κ2) is 2.73. The molecule has 0 aliphatic heterocycles. The van der Waals surface area contributed by atoms with Crippen LogP contribution in [-0.4, -0.2) is 19.3 Å². The van der Waals surface area contributed by atoms with E-state index >= 15 is 0 Å². The van der Waals surface area contributed by atoms with E-state index in [4.69, 9.17) is 0 Å². The molecule has 0 aliphatic carbocycles. The van der Waals surface area contributed by atoms with E-state index < -0.39 is 40.9 Å². The molecule has 0 bridgehead atoms. The molecule has 2 atom stereocenters. The minimum absolute atomic E-state index is 1.76. The van der Waals surface area contributed by atoms with Crippen molar-refractivity contribution >= 4 is 29.0 Å². The van der Waals surface area contributed by atoms with Crippen LogP contribution in [0.25, 0.3) is 0 Å². The fourth-order valence-corrected chi connectivity index (χ4v) is 20.0. The van der Waals surface area contributed by atoms with Gasteiger partial charge in [-0.1, -0.05) is 0 Å². The first kappa shape index (κ1) is 10.1. The van der Waals surface area contributed by atoms with Gasteiger partial charge in [-0.25, -0.2) is 0 Å². The zero-order valence-electron chi connectivity index (χ0n) is 4.57. The molecule has 0 amide bonds. The third-order valence-electron chi connectivity index (χ3n) is 0.729. The zero-order valence-corrected chi connectivity index (χ0v) is 8.69. The molecular formula is C2F6P2Te. The molecule has 0 spiro atoms. The molecule has 11 heavy (non-hydrogen) atoms. The van der Waals surface area contributed by atoms with Crippen LogP contribution in [0.5, 0.6) is 0 Å². The Morgan fingerprint density at radius 2 is 1.00 bits per heavy atom. The molecule has 1 rings (SSSR count). The summed E-state index contributed by atoms with van der Waals surface area (Å²) in [7, 11) is 0. The predicted molar refractivity (Wildman–Crippen MR) is 31.4 cm³/mol. The van der Waals surface area contributed by atoms with Crippen molar-refractivity contribution in [3.05, 3.63) is 0 Å². The van der Waals surface area contributed by atoms with E-state index in [2.05, 4.69) is 0 Å². The number of alkyl halides is 6. The maximum atomic E-state index is 11.6. The van der Waals surface area contributed by atoms with E-state index in [0.29, 0.717) is 0 Å². The van der Waals surface area contributed by atoms with Crippen molar-refractivity contribution in [3.8, 4) is 0 Å². The Bertz CT molecular complexity index is 209. The van der Waals surface area contributed by atoms with Gasteiger partial charge in [0.25, 0.3) is 0 Å². The van der Waals surface area contributed by atoms with Gasteiger partial charge in [0.1, 0.15) is 0 Å². The van der Waals surface area contributed by atoms with E-state index in [1.807, 2.05) is 0 Å². The molecule has 66 valence electrons. The number of hydrogen-bond donors (Lipinski definition) is 0. The first-order valence-electron chi connectivity index (χ1n) is 2.15. The van der Waals surface area contributed by atoms with Crippen molar-refractivity contribution in [3.63, 3.8) is 0 Å². The first-order valence-corrected chi connectivity index (χ1v) is 11.6. The first-order chi connectivity index (χ1) is 4.73. The summed E-state index contributed by atoms with van der Waals surface area (Å²) in [6, 6.07) is 0. The van der Waals surface area contributed by atoms with E-state index in [-0.39, 0.29) is 0 Å². The minimum atomic E-state index is -4.53. The van der Waals surface area contributed by atoms with Crippen LogP contribution in [-0.2, 0) is 11.8 Å². The summed E-state index contributed by atoms with van der Waals surface area (Å²) in [5.74, 6) is -9.06. The summed E-state index contributed by atoms with van der Waals surface area (Å²) >= 11 is -1.76. The van der Waals surface area contributed by atoms with Crippen molar-refractivity contribution in [2.45, 2.75) is 11.8 Å². The van der Waals surface area contributed by atoms with E-state index in [1.54, 1.807) is 0 Å². The molecule has 0 N–H and O–H groups in total. The average Bonchev–Trinajstić information content (AvgIpc) is 2.30. The van der Waals surface area contributed by atoms with Gasteiger partial charge in [0.15, 0.2) is 0 Å². The molecule has 0 aromatic carbocycles. The molecule has 1 heterocycles. The number of halogens is 6. The Kier molecular flexibility index (Phi) is 2.50. The van der Waals surface area contributed by atoms with Crippen molar-refractivity contribution in [2.24, 2.45) is 0 Å². The van der Waals surface area contributed by atoms with Crippen LogP contribution in [0.15, 0.2) is 0 Å². The molecule has 0 radical (unpaired) electrons. The van der Waals surface area contributed by atoms with Crippen LogP contribution in [0.4, 0.5) is 26.3 Å². The third kappa shape index (κ3) is 2.45. The van der Waals surface area contributed by atoms with Gasteiger partial charge in [0.05, 0.1) is 0 Å². The monoisotopic (exact) mass is 330 g/mol. The molecule has 0 fully saturated rings. The van der Waals surface area contributed by atoms with Gasteiger partial charge in [0, 0.05) is 0 Å². The molecular weight excluding hydrogens is 328 g/mol. The zero-order chi connectivity index (χ0) is 8.86. The van der Waals surface area contributed by atoms with E-state index in [0.717, 1.165) is 0 Å². The summed E-state index contributed by atoms with van der Waals surface area (Å²) in [5.41, 5.74) is 0. The number of rotatable bonds is 0. The molecule has 0 saturated carbocycles. The van der Waals surface area contributed by atoms with Crippen molar-refractivity contribution < 1.29 is 26.3 Å². The average molecular weight is 328 g/mol. The van der Waals surface area contributed by atoms with Gasteiger partial charge in [-0.05, 0) is 0 Å². The standard InChI is InChI=1S/C2F6P2Te/c3-1(4,5)9-10(11-9)2(6,7)8. The van der Waals surface area contributed by atoms with Crippen LogP contribution < -0.4 is 0 Å². The Hall–Kier alpha value is 0.970. The third-order valence-corrected chi connectivity index (χ3v) is 21.4. The molecule has 1 aromatic rings. The van der Waals surface area contributed by atoms with Gasteiger partial charge >= 0.3 is 67.2 Å². The van der Waals surface area contributed by atoms with Gasteiger partial charge < -0.3 is 0 Å². The van der Waals surface area contributed by atoms with Crippen LogP contribution >= 0.6 is 9.72 Å². The molecule has 9 heteroatoms. The maximum absolute atomic E-state index is 11.6. The van der Waals surface area contributed by atoms with Gasteiger partial charge in [-0.2, -0.15) is 0 Å². The molecule has 0 aliphatic rings. The molecule has 0 saturated heterocycles. The Morgan fingerprint density at radius 1 is 0.727 bits per heavy atom. The second-order valence-electron chi connectivity index (χ2n) is 1.56. The topological polar surface area (TPSA) is 0 Å². The van der Waals surface area contributed by atoms with Crippen molar-refractivity contribution in [1.82, 2.24) is 0 Å². The number of hydrogen-bond acceptors (Lipinski definition) is 0. The van der Waals surface area contributed by atoms with Crippen LogP contribution in [0.2, 0.25) is 0 Å². The predicted octanol–water partition coefficient (Wildman–Crippen LogP) is 3.67. The summed E-state index contributed by atoms with van der Waals surface area (Å²) in [4.78, 5) is -5.15. The van der Waals surface area contributed by atoms with Crippen LogP contribution in [0.1, 0.15) is 0 Å². The van der Waals surface area contributed by atoms with Crippen LogP contribution in [0, 0.1) is 0 Å². The normalized spacial score (nSPS) is 17.6. The van der Waals surface area contributed by atoms with E-state index in [9.17, 15) is 26.3 Å². The Labute approximate surface area is 67.5 Å². The second-order valence-corrected chi connectivity index (χ2v) is 22.2. The summed E-state index contributed by atoms with van der Waals surface area (Å²) in [5, 5.41) is 0. The van der Waals surface area contributed by atoms with E-state index in [1.165, 1.54) is 0 Å². The van der Waals surface area contributed by atoms with Gasteiger partial charge in [0.2, 0.25) is 0 Å². The SMILES string of the molecule is FC(F)(F)p1[te]p1C(F)(F)F. The molecule has 1 aromatic heterocycles. The summed E-state index contributed by atoms with van der Waals surface area (Å²) < 4.78 is 69.6. The molecule has 2 unspecified atom stereocenters. The van der Waals surface area contributed by atoms with Crippen LogP contribution in [0.3, 0.4) is 0 Å². The Morgan fingerprint density at radius 3 is 1.09 bits per heavy atom. The fourth-order valence-electron chi connectivity index (χ4n) is 0.355.